The zero-order chi connectivity index (χ0) is 26.7. The lowest BCUT2D eigenvalue weighted by molar-refractivity contribution is -0.139. The maximum atomic E-state index is 14.0. The van der Waals surface area contributed by atoms with E-state index in [1.54, 1.807) is 0 Å². The van der Waals surface area contributed by atoms with Gasteiger partial charge in [0.15, 0.2) is 0 Å². The zero-order valence-corrected chi connectivity index (χ0v) is 21.3. The molecule has 3 aromatic rings. The molecule has 6 rings (SSSR count). The third-order valence-electron chi connectivity index (χ3n) is 7.74. The molecule has 0 aromatic heterocycles. The first-order valence-corrected chi connectivity index (χ1v) is 12.8. The molecular weight excluding hydrogens is 483 g/mol. The Kier molecular flexibility index (Phi) is 5.67. The van der Waals surface area contributed by atoms with Crippen LogP contribution >= 0.6 is 0 Å². The number of halogens is 1. The Morgan fingerprint density at radius 2 is 1.66 bits per heavy atom. The number of ether oxygens (including phenoxy) is 1. The number of benzene rings is 3. The number of fused-ring (bicyclic) bond motifs is 5. The molecule has 3 aliphatic heterocycles. The molecule has 6 nitrogen and oxygen atoms in total. The maximum Gasteiger partial charge on any atom is 0.335 e. The summed E-state index contributed by atoms with van der Waals surface area (Å²) in [5.74, 6) is -3.09. The molecule has 3 heterocycles. The molecule has 0 bridgehead atoms. The van der Waals surface area contributed by atoms with E-state index in [0.717, 1.165) is 27.3 Å². The molecule has 7 heteroatoms. The van der Waals surface area contributed by atoms with Crippen molar-refractivity contribution in [2.24, 2.45) is 11.8 Å². The van der Waals surface area contributed by atoms with E-state index >= 15 is 0 Å². The summed E-state index contributed by atoms with van der Waals surface area (Å²) in [5, 5.41) is 0. The van der Waals surface area contributed by atoms with Gasteiger partial charge in [0.1, 0.15) is 17.6 Å². The number of carbonyl (C=O) groups excluding carboxylic acids is 3. The van der Waals surface area contributed by atoms with Gasteiger partial charge in [-0.2, -0.15) is 0 Å². The molecular formula is C31H27FN2O4. The zero-order valence-electron chi connectivity index (χ0n) is 21.3. The van der Waals surface area contributed by atoms with E-state index in [2.05, 4.69) is 0 Å². The van der Waals surface area contributed by atoms with E-state index in [4.69, 9.17) is 4.74 Å². The van der Waals surface area contributed by atoms with E-state index in [0.29, 0.717) is 5.75 Å². The molecule has 0 aliphatic carbocycles. The number of carbonyl (C=O) groups is 3. The average Bonchev–Trinajstić information content (AvgIpc) is 3.37. The minimum absolute atomic E-state index is 0.116. The number of amides is 2. The van der Waals surface area contributed by atoms with E-state index in [1.807, 2.05) is 80.3 Å². The predicted octanol–water partition coefficient (Wildman–Crippen LogP) is 5.25. The normalized spacial score (nSPS) is 23.5. The first-order valence-electron chi connectivity index (χ1n) is 12.8. The van der Waals surface area contributed by atoms with Crippen molar-refractivity contribution in [1.82, 2.24) is 0 Å². The van der Waals surface area contributed by atoms with Crippen LogP contribution in [0.4, 0.5) is 15.8 Å². The summed E-state index contributed by atoms with van der Waals surface area (Å²) in [6.45, 7) is 5.97. The Balaban J connectivity index is 1.45. The van der Waals surface area contributed by atoms with Gasteiger partial charge in [-0.05, 0) is 65.9 Å². The summed E-state index contributed by atoms with van der Waals surface area (Å²) in [6, 6.07) is 17.1. The minimum Gasteiger partial charge on any atom is -0.425 e. The van der Waals surface area contributed by atoms with E-state index in [-0.39, 0.29) is 11.6 Å². The monoisotopic (exact) mass is 510 g/mol. The summed E-state index contributed by atoms with van der Waals surface area (Å²) < 4.78 is 19.6. The van der Waals surface area contributed by atoms with Crippen molar-refractivity contribution < 1.29 is 23.5 Å². The van der Waals surface area contributed by atoms with Crippen molar-refractivity contribution in [3.8, 4) is 5.75 Å². The summed E-state index contributed by atoms with van der Waals surface area (Å²) in [4.78, 5) is 44.6. The molecule has 4 atom stereocenters. The number of nitrogens with zero attached hydrogens (tertiary/aromatic N) is 2. The maximum absolute atomic E-state index is 14.0. The molecule has 3 aliphatic rings. The van der Waals surface area contributed by atoms with Gasteiger partial charge in [0.25, 0.3) is 0 Å². The van der Waals surface area contributed by atoms with Crippen LogP contribution in [-0.2, 0) is 14.4 Å². The highest BCUT2D eigenvalue weighted by atomic mass is 19.1. The van der Waals surface area contributed by atoms with Gasteiger partial charge in [-0.15, -0.1) is 0 Å². The number of para-hydroxylation sites is 1. The molecule has 0 spiro atoms. The van der Waals surface area contributed by atoms with Gasteiger partial charge in [-0.1, -0.05) is 56.3 Å². The molecule has 2 saturated heterocycles. The van der Waals surface area contributed by atoms with E-state index in [9.17, 15) is 18.8 Å². The quantitative estimate of drug-likeness (QED) is 0.272. The van der Waals surface area contributed by atoms with Crippen molar-refractivity contribution in [1.29, 1.82) is 0 Å². The fraction of sp³-hybridized carbons (Fsp3) is 0.258. The summed E-state index contributed by atoms with van der Waals surface area (Å²) >= 11 is 0. The molecule has 192 valence electrons. The number of hydrogen-bond donors (Lipinski definition) is 0. The number of hydrogen-bond acceptors (Lipinski definition) is 5. The standard InChI is InChI=1S/C31H27FN2O4/c1-17(2)22-14-8-18(3)16-25(22)38-31(37)28-27-26(24-15-9-19-6-4-5-7-23(19)34(24)28)29(35)33(30(27)36)21-12-10-20(32)11-13-21/h4-17,24,26-28H,1-3H3/t24-,26-,27+,28-/m1/s1. The Morgan fingerprint density at radius 3 is 2.39 bits per heavy atom. The van der Waals surface area contributed by atoms with Crippen LogP contribution in [0.5, 0.6) is 5.75 Å². The second-order valence-electron chi connectivity index (χ2n) is 10.4. The fourth-order valence-corrected chi connectivity index (χ4v) is 6.00. The van der Waals surface area contributed by atoms with Gasteiger partial charge in [0.05, 0.1) is 23.6 Å². The van der Waals surface area contributed by atoms with Crippen LogP contribution in [0.15, 0.2) is 72.8 Å². The van der Waals surface area contributed by atoms with Crippen LogP contribution in [0.25, 0.3) is 6.08 Å². The highest BCUT2D eigenvalue weighted by molar-refractivity contribution is 6.24. The average molecular weight is 511 g/mol. The lowest BCUT2D eigenvalue weighted by Crippen LogP contribution is -2.50. The van der Waals surface area contributed by atoms with Crippen LogP contribution < -0.4 is 14.5 Å². The molecule has 38 heavy (non-hydrogen) atoms. The Morgan fingerprint density at radius 1 is 0.947 bits per heavy atom. The van der Waals surface area contributed by atoms with Crippen LogP contribution in [0, 0.1) is 24.6 Å². The van der Waals surface area contributed by atoms with Crippen LogP contribution in [0.1, 0.15) is 36.5 Å². The Labute approximate surface area is 220 Å². The molecule has 0 N–H and O–H groups in total. The number of esters is 1. The number of imide groups is 1. The topological polar surface area (TPSA) is 66.9 Å². The molecule has 0 saturated carbocycles. The highest BCUT2D eigenvalue weighted by Gasteiger charge is 2.65. The Bertz CT molecular complexity index is 1500. The van der Waals surface area contributed by atoms with Crippen LogP contribution in [-0.4, -0.2) is 29.9 Å². The van der Waals surface area contributed by atoms with E-state index in [1.165, 1.54) is 24.3 Å². The number of aryl methyl sites for hydroxylation is 1. The van der Waals surface area contributed by atoms with Gasteiger partial charge in [-0.3, -0.25) is 9.59 Å². The fourth-order valence-electron chi connectivity index (χ4n) is 6.00. The van der Waals surface area contributed by atoms with Crippen molar-refractivity contribution in [3.05, 3.63) is 95.3 Å². The lowest BCUT2D eigenvalue weighted by atomic mass is 9.88. The highest BCUT2D eigenvalue weighted by Crippen LogP contribution is 2.49. The van der Waals surface area contributed by atoms with Crippen LogP contribution in [0.2, 0.25) is 0 Å². The second-order valence-corrected chi connectivity index (χ2v) is 10.4. The minimum atomic E-state index is -1.02. The van der Waals surface area contributed by atoms with Crippen molar-refractivity contribution in [2.45, 2.75) is 38.8 Å². The molecule has 3 aromatic carbocycles. The smallest absolute Gasteiger partial charge is 0.335 e. The molecule has 2 fully saturated rings. The molecule has 0 unspecified atom stereocenters. The SMILES string of the molecule is Cc1ccc(C(C)C)c(OC(=O)[C@H]2[C@H]3C(=O)N(c4ccc(F)cc4)C(=O)[C@@H]3[C@H]3C=Cc4ccccc4N32)c1. The summed E-state index contributed by atoms with van der Waals surface area (Å²) in [7, 11) is 0. The van der Waals surface area contributed by atoms with Gasteiger partial charge in [0, 0.05) is 5.69 Å². The largest absolute Gasteiger partial charge is 0.425 e. The van der Waals surface area contributed by atoms with Crippen molar-refractivity contribution in [2.75, 3.05) is 9.80 Å². The third-order valence-corrected chi connectivity index (χ3v) is 7.74. The van der Waals surface area contributed by atoms with Gasteiger partial charge in [0.2, 0.25) is 11.8 Å². The lowest BCUT2D eigenvalue weighted by Gasteiger charge is -2.36. The Hall–Kier alpha value is -4.26. The summed E-state index contributed by atoms with van der Waals surface area (Å²) in [5.41, 5.74) is 3.79. The first-order chi connectivity index (χ1) is 18.3. The summed E-state index contributed by atoms with van der Waals surface area (Å²) in [6.07, 6.45) is 3.82. The molecule has 0 radical (unpaired) electrons. The second kappa shape index (κ2) is 8.94. The van der Waals surface area contributed by atoms with Gasteiger partial charge in [-0.25, -0.2) is 14.1 Å². The first kappa shape index (κ1) is 24.1. The van der Waals surface area contributed by atoms with E-state index < -0.39 is 47.5 Å². The number of anilines is 2. The number of rotatable bonds is 4. The molecule has 2 amide bonds. The van der Waals surface area contributed by atoms with Gasteiger partial charge < -0.3 is 9.64 Å². The van der Waals surface area contributed by atoms with Crippen molar-refractivity contribution in [3.63, 3.8) is 0 Å². The third kappa shape index (κ3) is 3.64. The van der Waals surface area contributed by atoms with Crippen LogP contribution in [0.3, 0.4) is 0 Å². The van der Waals surface area contributed by atoms with Crippen molar-refractivity contribution >= 4 is 35.2 Å². The predicted molar refractivity (Wildman–Crippen MR) is 142 cm³/mol. The van der Waals surface area contributed by atoms with Gasteiger partial charge >= 0.3 is 5.97 Å².